The molecule has 1 N–H and O–H groups in total. The van der Waals surface area contributed by atoms with E-state index in [-0.39, 0.29) is 0 Å². The molecule has 1 aliphatic rings. The van der Waals surface area contributed by atoms with Gasteiger partial charge in [0.05, 0.1) is 0 Å². The Morgan fingerprint density at radius 2 is 2.44 bits per heavy atom. The van der Waals surface area contributed by atoms with Gasteiger partial charge in [0.2, 0.25) is 0 Å². The number of rotatable bonds is 4. The molecule has 0 amide bonds. The first-order valence-electron chi connectivity index (χ1n) is 5.79. The quantitative estimate of drug-likeness (QED) is 0.900. The molecule has 1 aromatic heterocycles. The van der Waals surface area contributed by atoms with Crippen molar-refractivity contribution in [1.82, 2.24) is 15.5 Å². The summed E-state index contributed by atoms with van der Waals surface area (Å²) in [5.41, 5.74) is 2.21. The van der Waals surface area contributed by atoms with Gasteiger partial charge in [0, 0.05) is 11.3 Å². The highest BCUT2D eigenvalue weighted by Gasteiger charge is 2.42. The average Bonchev–Trinajstić information content (AvgIpc) is 2.81. The maximum Gasteiger partial charge on any atom is 0.174 e. The highest BCUT2D eigenvalue weighted by molar-refractivity contribution is 8.01. The second-order valence-electron chi connectivity index (χ2n) is 4.92. The fourth-order valence-electron chi connectivity index (χ4n) is 2.44. The third kappa shape index (κ3) is 2.57. The summed E-state index contributed by atoms with van der Waals surface area (Å²) in [5.74, 6) is 0. The maximum atomic E-state index is 4.13. The number of thioether (sulfide) groups is 1. The number of hydrogen-bond acceptors (Lipinski definition) is 5. The average molecular weight is 257 g/mol. The van der Waals surface area contributed by atoms with Gasteiger partial charge < -0.3 is 5.32 Å². The molecule has 16 heavy (non-hydrogen) atoms. The zero-order valence-electron chi connectivity index (χ0n) is 10.1. The maximum absolute atomic E-state index is 4.13. The lowest BCUT2D eigenvalue weighted by Gasteiger charge is -2.30. The Morgan fingerprint density at radius 1 is 1.62 bits per heavy atom. The molecule has 0 saturated heterocycles. The van der Waals surface area contributed by atoms with Crippen molar-refractivity contribution in [3.8, 4) is 0 Å². The van der Waals surface area contributed by atoms with E-state index in [1.807, 2.05) is 17.3 Å². The van der Waals surface area contributed by atoms with E-state index >= 15 is 0 Å². The van der Waals surface area contributed by atoms with Gasteiger partial charge in [-0.1, -0.05) is 43.9 Å². The number of nitrogens with one attached hydrogen (secondary N) is 1. The minimum Gasteiger partial charge on any atom is -0.313 e. The summed E-state index contributed by atoms with van der Waals surface area (Å²) in [5, 5.41) is 12.3. The molecule has 1 aliphatic carbocycles. The molecule has 0 aromatic carbocycles. The molecule has 1 aromatic rings. The molecule has 5 heteroatoms. The van der Waals surface area contributed by atoms with Crippen LogP contribution in [0.5, 0.6) is 0 Å². The van der Waals surface area contributed by atoms with Crippen molar-refractivity contribution in [2.75, 3.05) is 6.54 Å². The van der Waals surface area contributed by atoms with Gasteiger partial charge in [-0.25, -0.2) is 0 Å². The Bertz CT molecular complexity index is 324. The predicted octanol–water partition coefficient (Wildman–Crippen LogP) is 2.80. The first-order valence-corrected chi connectivity index (χ1v) is 7.55. The van der Waals surface area contributed by atoms with E-state index in [0.717, 1.165) is 10.9 Å². The van der Waals surface area contributed by atoms with E-state index < -0.39 is 0 Å². The molecule has 2 atom stereocenters. The van der Waals surface area contributed by atoms with Crippen LogP contribution in [0, 0.1) is 5.41 Å². The second kappa shape index (κ2) is 5.02. The van der Waals surface area contributed by atoms with Crippen LogP contribution in [0.2, 0.25) is 0 Å². The summed E-state index contributed by atoms with van der Waals surface area (Å²) in [7, 11) is 0. The summed E-state index contributed by atoms with van der Waals surface area (Å²) >= 11 is 3.53. The van der Waals surface area contributed by atoms with Crippen molar-refractivity contribution in [2.45, 2.75) is 49.2 Å². The molecule has 0 spiro atoms. The second-order valence-corrected chi connectivity index (χ2v) is 7.24. The zero-order valence-corrected chi connectivity index (χ0v) is 11.7. The highest BCUT2D eigenvalue weighted by atomic mass is 32.2. The molecule has 90 valence electrons. The van der Waals surface area contributed by atoms with Crippen LogP contribution in [0.4, 0.5) is 0 Å². The third-order valence-corrected chi connectivity index (χ3v) is 5.46. The van der Waals surface area contributed by atoms with Crippen molar-refractivity contribution in [3.05, 3.63) is 5.51 Å². The van der Waals surface area contributed by atoms with Crippen LogP contribution in [0.25, 0.3) is 0 Å². The first kappa shape index (κ1) is 12.3. The first-order chi connectivity index (χ1) is 7.63. The zero-order chi connectivity index (χ0) is 11.6. The van der Waals surface area contributed by atoms with Gasteiger partial charge >= 0.3 is 0 Å². The third-order valence-electron chi connectivity index (χ3n) is 3.30. The molecular weight excluding hydrogens is 238 g/mol. The van der Waals surface area contributed by atoms with Gasteiger partial charge in [-0.2, -0.15) is 0 Å². The smallest absolute Gasteiger partial charge is 0.174 e. The minimum absolute atomic E-state index is 0.401. The van der Waals surface area contributed by atoms with Gasteiger partial charge in [-0.05, 0) is 24.8 Å². The fourth-order valence-corrected chi connectivity index (χ4v) is 4.63. The monoisotopic (exact) mass is 257 g/mol. The van der Waals surface area contributed by atoms with Crippen LogP contribution in [0.1, 0.15) is 33.6 Å². The molecule has 1 fully saturated rings. The fraction of sp³-hybridized carbons (Fsp3) is 0.818. The predicted molar refractivity (Wildman–Crippen MR) is 70.0 cm³/mol. The highest BCUT2D eigenvalue weighted by Crippen LogP contribution is 2.45. The van der Waals surface area contributed by atoms with Crippen molar-refractivity contribution in [1.29, 1.82) is 0 Å². The lowest BCUT2D eigenvalue weighted by molar-refractivity contribution is 0.290. The van der Waals surface area contributed by atoms with Gasteiger partial charge in [-0.15, -0.1) is 10.2 Å². The molecule has 0 radical (unpaired) electrons. The van der Waals surface area contributed by atoms with Crippen molar-refractivity contribution < 1.29 is 0 Å². The summed E-state index contributed by atoms with van der Waals surface area (Å²) in [4.78, 5) is 0. The number of aromatic nitrogens is 2. The summed E-state index contributed by atoms with van der Waals surface area (Å²) in [6.45, 7) is 7.95. The molecular formula is C11H19N3S2. The standard InChI is InChI=1S/C11H19N3S2/c1-4-12-9-8(5-6-11(9,2)3)16-10-14-13-7-15-10/h7-9,12H,4-6H2,1-3H3. The lowest BCUT2D eigenvalue weighted by Crippen LogP contribution is -2.43. The van der Waals surface area contributed by atoms with E-state index in [1.165, 1.54) is 12.8 Å². The van der Waals surface area contributed by atoms with Crippen molar-refractivity contribution in [3.63, 3.8) is 0 Å². The normalized spacial score (nSPS) is 28.4. The Kier molecular flexibility index (Phi) is 3.87. The van der Waals surface area contributed by atoms with E-state index in [1.54, 1.807) is 11.3 Å². The summed E-state index contributed by atoms with van der Waals surface area (Å²) in [6, 6.07) is 0.589. The number of hydrogen-bond donors (Lipinski definition) is 1. The lowest BCUT2D eigenvalue weighted by atomic mass is 9.87. The summed E-state index contributed by atoms with van der Waals surface area (Å²) < 4.78 is 1.10. The van der Waals surface area contributed by atoms with Gasteiger partial charge in [-0.3, -0.25) is 0 Å². The number of nitrogens with zero attached hydrogens (tertiary/aromatic N) is 2. The molecule has 2 unspecified atom stereocenters. The van der Waals surface area contributed by atoms with E-state index in [9.17, 15) is 0 Å². The topological polar surface area (TPSA) is 37.8 Å². The largest absolute Gasteiger partial charge is 0.313 e. The van der Waals surface area contributed by atoms with E-state index in [0.29, 0.717) is 16.7 Å². The Morgan fingerprint density at radius 3 is 3.06 bits per heavy atom. The van der Waals surface area contributed by atoms with Crippen molar-refractivity contribution >= 4 is 23.1 Å². The molecule has 0 aliphatic heterocycles. The van der Waals surface area contributed by atoms with Crippen molar-refractivity contribution in [2.24, 2.45) is 5.41 Å². The molecule has 2 rings (SSSR count). The van der Waals surface area contributed by atoms with E-state index in [2.05, 4.69) is 36.3 Å². The minimum atomic E-state index is 0.401. The van der Waals surface area contributed by atoms with Crippen LogP contribution in [-0.2, 0) is 0 Å². The molecule has 3 nitrogen and oxygen atoms in total. The van der Waals surface area contributed by atoms with Gasteiger partial charge in [0.25, 0.3) is 0 Å². The van der Waals surface area contributed by atoms with Crippen LogP contribution >= 0.6 is 23.1 Å². The summed E-state index contributed by atoms with van der Waals surface area (Å²) in [6.07, 6.45) is 2.57. The Hall–Kier alpha value is -0.130. The van der Waals surface area contributed by atoms with Crippen LogP contribution in [0.3, 0.4) is 0 Å². The molecule has 0 bridgehead atoms. The van der Waals surface area contributed by atoms with Crippen LogP contribution < -0.4 is 5.32 Å². The van der Waals surface area contributed by atoms with E-state index in [4.69, 9.17) is 0 Å². The SMILES string of the molecule is CCNC1C(Sc2nncs2)CCC1(C)C. The molecule has 1 heterocycles. The van der Waals surface area contributed by atoms with Gasteiger partial charge in [0.15, 0.2) is 4.34 Å². The van der Waals surface area contributed by atoms with Gasteiger partial charge in [0.1, 0.15) is 5.51 Å². The Labute approximate surface area is 105 Å². The Balaban J connectivity index is 2.04. The van der Waals surface area contributed by atoms with Crippen LogP contribution in [-0.4, -0.2) is 28.0 Å². The molecule has 1 saturated carbocycles. The van der Waals surface area contributed by atoms with Crippen LogP contribution in [0.15, 0.2) is 9.85 Å².